The van der Waals surface area contributed by atoms with Crippen molar-refractivity contribution in [3.05, 3.63) is 0 Å². The predicted molar refractivity (Wildman–Crippen MR) is 109 cm³/mol. The molecule has 0 radical (unpaired) electrons. The highest BCUT2D eigenvalue weighted by Crippen LogP contribution is 2.34. The highest BCUT2D eigenvalue weighted by molar-refractivity contribution is 5.83. The van der Waals surface area contributed by atoms with Crippen LogP contribution in [0.5, 0.6) is 0 Å². The van der Waals surface area contributed by atoms with Crippen molar-refractivity contribution < 1.29 is 28.5 Å². The summed E-state index contributed by atoms with van der Waals surface area (Å²) in [5, 5.41) is 0. The van der Waals surface area contributed by atoms with E-state index in [4.69, 9.17) is 18.9 Å². The minimum absolute atomic E-state index is 0.108. The van der Waals surface area contributed by atoms with E-state index in [2.05, 4.69) is 0 Å². The maximum absolute atomic E-state index is 13.1. The van der Waals surface area contributed by atoms with Gasteiger partial charge < -0.3 is 28.7 Å². The average molecular weight is 415 g/mol. The van der Waals surface area contributed by atoms with Crippen molar-refractivity contribution in [2.24, 2.45) is 10.8 Å². The number of hydrogen-bond donors (Lipinski definition) is 0. The van der Waals surface area contributed by atoms with Crippen LogP contribution >= 0.6 is 0 Å². The zero-order valence-electron chi connectivity index (χ0n) is 18.5. The Morgan fingerprint density at radius 3 is 1.41 bits per heavy atom. The lowest BCUT2D eigenvalue weighted by molar-refractivity contribution is -0.152. The lowest BCUT2D eigenvalue weighted by Crippen LogP contribution is -2.50. The summed E-state index contributed by atoms with van der Waals surface area (Å²) >= 11 is 0. The Hall–Kier alpha value is -1.22. The van der Waals surface area contributed by atoms with Gasteiger partial charge in [-0.1, -0.05) is 0 Å². The molecule has 0 bridgehead atoms. The monoisotopic (exact) mass is 414 g/mol. The molecule has 0 aromatic carbocycles. The molecule has 0 saturated carbocycles. The van der Waals surface area contributed by atoms with Crippen LogP contribution in [0.1, 0.15) is 32.1 Å². The van der Waals surface area contributed by atoms with Crippen molar-refractivity contribution in [3.8, 4) is 0 Å². The van der Waals surface area contributed by atoms with E-state index >= 15 is 0 Å². The van der Waals surface area contributed by atoms with Crippen LogP contribution < -0.4 is 0 Å². The second-order valence-electron chi connectivity index (χ2n) is 8.46. The molecule has 29 heavy (non-hydrogen) atoms. The lowest BCUT2D eigenvalue weighted by Gasteiger charge is -2.39. The molecule has 2 amide bonds. The van der Waals surface area contributed by atoms with E-state index in [-0.39, 0.29) is 11.8 Å². The van der Waals surface area contributed by atoms with E-state index in [1.54, 1.807) is 24.0 Å². The molecule has 0 spiro atoms. The number of carbonyl (C=O) groups is 2. The zero-order chi connectivity index (χ0) is 21.3. The Morgan fingerprint density at radius 2 is 1.10 bits per heavy atom. The van der Waals surface area contributed by atoms with E-state index in [0.717, 1.165) is 6.42 Å². The van der Waals surface area contributed by atoms with Crippen LogP contribution in [0.4, 0.5) is 0 Å². The van der Waals surface area contributed by atoms with Gasteiger partial charge in [-0.3, -0.25) is 9.59 Å². The van der Waals surface area contributed by atoms with Crippen molar-refractivity contribution in [3.63, 3.8) is 0 Å². The quantitative estimate of drug-likeness (QED) is 0.534. The molecule has 0 aromatic rings. The van der Waals surface area contributed by atoms with Gasteiger partial charge in [-0.05, 0) is 32.1 Å². The minimum atomic E-state index is -0.492. The molecule has 168 valence electrons. The highest BCUT2D eigenvalue weighted by Gasteiger charge is 2.43. The molecule has 2 heterocycles. The Kier molecular flexibility index (Phi) is 9.33. The molecule has 2 aliphatic rings. The number of ether oxygens (including phenoxy) is 4. The van der Waals surface area contributed by atoms with Gasteiger partial charge in [-0.25, -0.2) is 0 Å². The average Bonchev–Trinajstić information content (AvgIpc) is 2.74. The fourth-order valence-electron chi connectivity index (χ4n) is 4.47. The van der Waals surface area contributed by atoms with Crippen molar-refractivity contribution in [2.75, 3.05) is 81.0 Å². The van der Waals surface area contributed by atoms with Crippen molar-refractivity contribution in [1.82, 2.24) is 9.80 Å². The Morgan fingerprint density at radius 1 is 0.759 bits per heavy atom. The molecule has 0 aromatic heterocycles. The van der Waals surface area contributed by atoms with Crippen molar-refractivity contribution >= 4 is 11.8 Å². The number of rotatable bonds is 10. The SMILES string of the molecule is COCC1(C(=O)N(C)CCCN(C)C(=O)C2(COC)CCOCC2)CCOCC1. The summed E-state index contributed by atoms with van der Waals surface area (Å²) in [6.45, 7) is 4.39. The summed E-state index contributed by atoms with van der Waals surface area (Å²) in [6.07, 6.45) is 3.46. The van der Waals surface area contributed by atoms with Gasteiger partial charge >= 0.3 is 0 Å². The molecule has 8 nitrogen and oxygen atoms in total. The van der Waals surface area contributed by atoms with E-state index in [1.807, 2.05) is 14.1 Å². The molecule has 8 heteroatoms. The first-order valence-corrected chi connectivity index (χ1v) is 10.6. The minimum Gasteiger partial charge on any atom is -0.384 e. The van der Waals surface area contributed by atoms with E-state index in [1.165, 1.54) is 0 Å². The molecule has 2 fully saturated rings. The topological polar surface area (TPSA) is 77.5 Å². The largest absolute Gasteiger partial charge is 0.384 e. The summed E-state index contributed by atoms with van der Waals surface area (Å²) in [7, 11) is 6.94. The molecule has 2 rings (SSSR count). The standard InChI is InChI=1S/C21H38N2O6/c1-22(18(24)20(16-26-3)6-12-28-13-7-20)10-5-11-23(2)19(25)21(17-27-4)8-14-29-15-9-21/h5-17H2,1-4H3. The van der Waals surface area contributed by atoms with Gasteiger partial charge in [0, 0.05) is 67.8 Å². The number of nitrogens with zero attached hydrogens (tertiary/aromatic N) is 2. The smallest absolute Gasteiger partial charge is 0.231 e. The van der Waals surface area contributed by atoms with Crippen LogP contribution in [0.3, 0.4) is 0 Å². The summed E-state index contributed by atoms with van der Waals surface area (Å²) in [4.78, 5) is 29.7. The van der Waals surface area contributed by atoms with Gasteiger partial charge in [0.25, 0.3) is 0 Å². The Bertz CT molecular complexity index is 472. The first kappa shape index (κ1) is 24.1. The fourth-order valence-corrected chi connectivity index (χ4v) is 4.47. The van der Waals surface area contributed by atoms with Crippen LogP contribution in [0.25, 0.3) is 0 Å². The second kappa shape index (κ2) is 11.2. The maximum atomic E-state index is 13.1. The van der Waals surface area contributed by atoms with Gasteiger partial charge in [0.05, 0.1) is 24.0 Å². The summed E-state index contributed by atoms with van der Waals surface area (Å²) < 4.78 is 21.6. The fraction of sp³-hybridized carbons (Fsp3) is 0.905. The molecule has 2 saturated heterocycles. The molecular weight excluding hydrogens is 376 g/mol. The van der Waals surface area contributed by atoms with E-state index < -0.39 is 10.8 Å². The van der Waals surface area contributed by atoms with Gasteiger partial charge in [0.2, 0.25) is 11.8 Å². The molecular formula is C21H38N2O6. The van der Waals surface area contributed by atoms with Gasteiger partial charge in [0.15, 0.2) is 0 Å². The molecule has 0 aliphatic carbocycles. The lowest BCUT2D eigenvalue weighted by atomic mass is 9.79. The summed E-state index contributed by atoms with van der Waals surface area (Å²) in [5.41, 5.74) is -0.984. The maximum Gasteiger partial charge on any atom is 0.231 e. The van der Waals surface area contributed by atoms with Crippen molar-refractivity contribution in [1.29, 1.82) is 0 Å². The third-order valence-corrected chi connectivity index (χ3v) is 6.33. The van der Waals surface area contributed by atoms with Gasteiger partial charge in [0.1, 0.15) is 0 Å². The first-order chi connectivity index (χ1) is 13.9. The van der Waals surface area contributed by atoms with E-state index in [0.29, 0.717) is 78.4 Å². The van der Waals surface area contributed by atoms with Gasteiger partial charge in [-0.2, -0.15) is 0 Å². The highest BCUT2D eigenvalue weighted by atomic mass is 16.5. The van der Waals surface area contributed by atoms with Gasteiger partial charge in [-0.15, -0.1) is 0 Å². The van der Waals surface area contributed by atoms with Crippen LogP contribution in [0.15, 0.2) is 0 Å². The third-order valence-electron chi connectivity index (χ3n) is 6.33. The van der Waals surface area contributed by atoms with Crippen molar-refractivity contribution in [2.45, 2.75) is 32.1 Å². The number of methoxy groups -OCH3 is 2. The molecule has 0 atom stereocenters. The number of carbonyl (C=O) groups excluding carboxylic acids is 2. The normalized spacial score (nSPS) is 20.8. The second-order valence-corrected chi connectivity index (χ2v) is 8.46. The summed E-state index contributed by atoms with van der Waals surface area (Å²) in [6, 6.07) is 0. The molecule has 2 aliphatic heterocycles. The molecule has 0 unspecified atom stereocenters. The van der Waals surface area contributed by atoms with Crippen LogP contribution in [0, 0.1) is 10.8 Å². The van der Waals surface area contributed by atoms with Crippen LogP contribution in [-0.2, 0) is 28.5 Å². The zero-order valence-corrected chi connectivity index (χ0v) is 18.5. The van der Waals surface area contributed by atoms with Crippen LogP contribution in [-0.4, -0.2) is 103 Å². The number of amides is 2. The number of hydrogen-bond acceptors (Lipinski definition) is 6. The summed E-state index contributed by atoms with van der Waals surface area (Å²) in [5.74, 6) is 0.217. The first-order valence-electron chi connectivity index (χ1n) is 10.6. The Balaban J connectivity index is 1.87. The Labute approximate surface area is 174 Å². The van der Waals surface area contributed by atoms with E-state index in [9.17, 15) is 9.59 Å². The molecule has 0 N–H and O–H groups in total. The van der Waals surface area contributed by atoms with Crippen LogP contribution in [0.2, 0.25) is 0 Å². The predicted octanol–water partition coefficient (Wildman–Crippen LogP) is 1.18. The third kappa shape index (κ3) is 5.90.